The fourth-order valence-corrected chi connectivity index (χ4v) is 5.79. The van der Waals surface area contributed by atoms with Crippen molar-refractivity contribution in [3.05, 3.63) is 23.3 Å². The summed E-state index contributed by atoms with van der Waals surface area (Å²) < 4.78 is 0. The van der Waals surface area contributed by atoms with Crippen molar-refractivity contribution in [3.63, 3.8) is 0 Å². The zero-order valence-corrected chi connectivity index (χ0v) is 13.6. The molecule has 104 valence electrons. The Hall–Kier alpha value is -0.470. The van der Waals surface area contributed by atoms with Crippen molar-refractivity contribution in [2.75, 3.05) is 0 Å². The molecule has 0 saturated heterocycles. The predicted molar refractivity (Wildman–Crippen MR) is 71.0 cm³/mol. The third-order valence-corrected chi connectivity index (χ3v) is 9.72. The summed E-state index contributed by atoms with van der Waals surface area (Å²) in [7, 11) is -1.37. The third-order valence-electron chi connectivity index (χ3n) is 4.09. The molecule has 0 aliphatic rings. The summed E-state index contributed by atoms with van der Waals surface area (Å²) in [6, 6.07) is 7.77. The average molecular weight is 309 g/mol. The molecule has 0 heterocycles. The van der Waals surface area contributed by atoms with Gasteiger partial charge in [0.1, 0.15) is 0 Å². The van der Waals surface area contributed by atoms with E-state index in [-0.39, 0.29) is 28.0 Å². The van der Waals surface area contributed by atoms with E-state index in [9.17, 15) is 10.2 Å². The first-order chi connectivity index (χ1) is 7.98. The molecule has 4 heteroatoms. The van der Waals surface area contributed by atoms with E-state index in [1.54, 1.807) is 0 Å². The fraction of sp³-hybridized carbons (Fsp3) is 0.571. The number of rotatable bonds is 5. The zero-order chi connectivity index (χ0) is 13.1. The van der Waals surface area contributed by atoms with Gasteiger partial charge < -0.3 is 10.2 Å². The Balaban J connectivity index is 0.00000289. The van der Waals surface area contributed by atoms with Gasteiger partial charge in [-0.15, -0.1) is 11.5 Å². The Morgan fingerprint density at radius 3 is 1.94 bits per heavy atom. The summed E-state index contributed by atoms with van der Waals surface area (Å²) in [6.07, 6.45) is 0. The number of benzene rings is 1. The van der Waals surface area contributed by atoms with Gasteiger partial charge in [0.25, 0.3) is 0 Å². The van der Waals surface area contributed by atoms with Gasteiger partial charge in [0.2, 0.25) is 0 Å². The van der Waals surface area contributed by atoms with Crippen molar-refractivity contribution >= 4 is 8.07 Å². The van der Waals surface area contributed by atoms with Crippen molar-refractivity contribution in [1.29, 1.82) is 0 Å². The number of hydrogen-bond donors (Lipinski definition) is 0. The molecule has 0 bridgehead atoms. The molecule has 1 aromatic carbocycles. The van der Waals surface area contributed by atoms with E-state index in [0.29, 0.717) is 0 Å². The second kappa shape index (κ2) is 7.20. The van der Waals surface area contributed by atoms with Gasteiger partial charge in [-0.3, -0.25) is 0 Å². The SMILES string of the molecule is CC[Si](CC)(CC)Cc1cc(C)cc([O-])c1[O-].[Ni+2]. The van der Waals surface area contributed by atoms with E-state index in [2.05, 4.69) is 20.8 Å². The Morgan fingerprint density at radius 2 is 1.50 bits per heavy atom. The minimum atomic E-state index is -1.37. The first kappa shape index (κ1) is 17.5. The van der Waals surface area contributed by atoms with Crippen molar-refractivity contribution in [2.24, 2.45) is 0 Å². The summed E-state index contributed by atoms with van der Waals surface area (Å²) in [5.41, 5.74) is 1.67. The zero-order valence-electron chi connectivity index (χ0n) is 11.6. The summed E-state index contributed by atoms with van der Waals surface area (Å²) in [4.78, 5) is 0. The Kier molecular flexibility index (Phi) is 7.01. The molecule has 0 spiro atoms. The largest absolute Gasteiger partial charge is 2.00 e. The van der Waals surface area contributed by atoms with Gasteiger partial charge in [0.15, 0.2) is 0 Å². The molecule has 0 atom stereocenters. The predicted octanol–water partition coefficient (Wildman–Crippen LogP) is 2.73. The first-order valence-corrected chi connectivity index (χ1v) is 9.28. The second-order valence-corrected chi connectivity index (χ2v) is 10.5. The molecule has 0 N–H and O–H groups in total. The molecular weight excluding hydrogens is 287 g/mol. The molecule has 2 nitrogen and oxygen atoms in total. The maximum atomic E-state index is 11.9. The molecule has 0 unspecified atom stereocenters. The molecular formula is C14H22NiO2Si. The standard InChI is InChI=1S/C14H24O2Si.Ni/c1-5-17(6-2,7-3)10-12-8-11(4)9-13(15)14(12)16;/h8-9,15-16H,5-7,10H2,1-4H3;/q;+2/p-2. The van der Waals surface area contributed by atoms with Crippen LogP contribution in [0.25, 0.3) is 0 Å². The van der Waals surface area contributed by atoms with Gasteiger partial charge in [-0.2, -0.15) is 0 Å². The van der Waals surface area contributed by atoms with E-state index in [4.69, 9.17) is 0 Å². The molecule has 18 heavy (non-hydrogen) atoms. The quantitative estimate of drug-likeness (QED) is 0.785. The minimum absolute atomic E-state index is 0. The molecule has 0 fully saturated rings. The Bertz CT molecular complexity index is 381. The molecule has 1 rings (SSSR count). The maximum absolute atomic E-state index is 11.9. The van der Waals surface area contributed by atoms with E-state index >= 15 is 0 Å². The molecule has 0 saturated carbocycles. The Morgan fingerprint density at radius 1 is 1.00 bits per heavy atom. The summed E-state index contributed by atoms with van der Waals surface area (Å²) in [6.45, 7) is 8.55. The molecule has 0 aromatic heterocycles. The van der Waals surface area contributed by atoms with Crippen LogP contribution in [-0.4, -0.2) is 8.07 Å². The fourth-order valence-electron chi connectivity index (χ4n) is 2.47. The van der Waals surface area contributed by atoms with Gasteiger partial charge in [0, 0.05) is 0 Å². The number of aryl methyl sites for hydroxylation is 1. The number of hydrogen-bond acceptors (Lipinski definition) is 2. The molecule has 1 aromatic rings. The van der Waals surface area contributed by atoms with Gasteiger partial charge >= 0.3 is 16.5 Å². The third kappa shape index (κ3) is 3.76. The van der Waals surface area contributed by atoms with Crippen LogP contribution in [0.4, 0.5) is 0 Å². The van der Waals surface area contributed by atoms with Gasteiger partial charge in [-0.1, -0.05) is 62.2 Å². The van der Waals surface area contributed by atoms with Crippen molar-refractivity contribution in [3.8, 4) is 11.5 Å². The molecule has 0 amide bonds. The van der Waals surface area contributed by atoms with Crippen LogP contribution in [0.5, 0.6) is 11.5 Å². The monoisotopic (exact) mass is 308 g/mol. The van der Waals surface area contributed by atoms with E-state index < -0.39 is 8.07 Å². The van der Waals surface area contributed by atoms with Crippen molar-refractivity contribution < 1.29 is 26.7 Å². The van der Waals surface area contributed by atoms with Gasteiger partial charge in [-0.05, 0) is 13.0 Å². The molecule has 0 aliphatic carbocycles. The van der Waals surface area contributed by atoms with E-state index in [0.717, 1.165) is 17.2 Å². The van der Waals surface area contributed by atoms with E-state index in [1.807, 2.05) is 13.0 Å². The summed E-state index contributed by atoms with van der Waals surface area (Å²) >= 11 is 0. The van der Waals surface area contributed by atoms with Crippen LogP contribution >= 0.6 is 0 Å². The van der Waals surface area contributed by atoms with Crippen LogP contribution in [0.2, 0.25) is 18.1 Å². The average Bonchev–Trinajstić information content (AvgIpc) is 2.32. The van der Waals surface area contributed by atoms with Gasteiger partial charge in [-0.25, -0.2) is 0 Å². The smallest absolute Gasteiger partial charge is 0.873 e. The van der Waals surface area contributed by atoms with Gasteiger partial charge in [0.05, 0.1) is 8.07 Å². The Labute approximate surface area is 121 Å². The topological polar surface area (TPSA) is 46.1 Å². The van der Waals surface area contributed by atoms with Crippen LogP contribution in [0, 0.1) is 6.92 Å². The van der Waals surface area contributed by atoms with Crippen LogP contribution < -0.4 is 10.2 Å². The normalized spacial score (nSPS) is 11.1. The summed E-state index contributed by atoms with van der Waals surface area (Å²) in [5, 5.41) is 23.4. The van der Waals surface area contributed by atoms with Crippen LogP contribution in [0.15, 0.2) is 12.1 Å². The minimum Gasteiger partial charge on any atom is -0.873 e. The maximum Gasteiger partial charge on any atom is 2.00 e. The van der Waals surface area contributed by atoms with Crippen LogP contribution in [0.3, 0.4) is 0 Å². The van der Waals surface area contributed by atoms with Crippen LogP contribution in [0.1, 0.15) is 31.9 Å². The molecule has 0 radical (unpaired) electrons. The summed E-state index contributed by atoms with van der Waals surface area (Å²) in [5.74, 6) is -0.617. The second-order valence-electron chi connectivity index (χ2n) is 4.99. The first-order valence-electron chi connectivity index (χ1n) is 6.45. The molecule has 0 aliphatic heterocycles. The van der Waals surface area contributed by atoms with E-state index in [1.165, 1.54) is 24.2 Å². The van der Waals surface area contributed by atoms with Crippen molar-refractivity contribution in [1.82, 2.24) is 0 Å². The van der Waals surface area contributed by atoms with Crippen LogP contribution in [-0.2, 0) is 22.5 Å². The van der Waals surface area contributed by atoms with Crippen molar-refractivity contribution in [2.45, 2.75) is 51.9 Å².